The Morgan fingerprint density at radius 1 is 0.522 bits per heavy atom. The van der Waals surface area contributed by atoms with Gasteiger partial charge in [-0.2, -0.15) is 0 Å². The van der Waals surface area contributed by atoms with Gasteiger partial charge < -0.3 is 19.3 Å². The number of nitrogens with zero attached hydrogens (tertiary/aromatic N) is 1. The quantitative estimate of drug-likeness (QED) is 0.0425. The molecule has 0 aromatic heterocycles. The van der Waals surface area contributed by atoms with Crippen molar-refractivity contribution in [3.63, 3.8) is 0 Å². The lowest BCUT2D eigenvalue weighted by molar-refractivity contribution is -0.862. The van der Waals surface area contributed by atoms with Gasteiger partial charge in [-0.25, -0.2) is 4.79 Å². The molecule has 0 saturated heterocycles. The predicted octanol–water partition coefficient (Wildman–Crippen LogP) is 9.84. The Morgan fingerprint density at radius 2 is 0.891 bits per heavy atom. The summed E-state index contributed by atoms with van der Waals surface area (Å²) < 4.78 is 11.5. The van der Waals surface area contributed by atoms with Crippen LogP contribution in [0.2, 0.25) is 0 Å². The molecule has 7 heteroatoms. The smallest absolute Gasteiger partial charge is 0.328 e. The topological polar surface area (TPSA) is 81.7 Å². The Hall–Kier alpha value is -1.63. The summed E-state index contributed by atoms with van der Waals surface area (Å²) in [5, 5.41) is 2.86. The monoisotopic (exact) mass is 654 g/mol. The average Bonchev–Trinajstić information content (AvgIpc) is 3.00. The fourth-order valence-electron chi connectivity index (χ4n) is 5.79. The molecular weight excluding hydrogens is 576 g/mol. The third-order valence-electron chi connectivity index (χ3n) is 8.61. The summed E-state index contributed by atoms with van der Waals surface area (Å²) in [6.07, 6.45) is 31.4. The normalized spacial score (nSPS) is 12.2. The van der Waals surface area contributed by atoms with Gasteiger partial charge in [0.05, 0.1) is 34.4 Å². The molecule has 0 aromatic carbocycles. The zero-order valence-corrected chi connectivity index (χ0v) is 31.3. The van der Waals surface area contributed by atoms with Crippen molar-refractivity contribution in [2.45, 2.75) is 193 Å². The number of rotatable bonds is 34. The number of amides is 1. The summed E-state index contributed by atoms with van der Waals surface area (Å²) in [6.45, 7) is 5.62. The average molecular weight is 654 g/mol. The van der Waals surface area contributed by atoms with Gasteiger partial charge in [0.25, 0.3) is 5.91 Å². The number of ether oxygens (including phenoxy) is 2. The number of likely N-dealkylation sites (N-methyl/N-ethyl adjacent to an activating group) is 1. The van der Waals surface area contributed by atoms with E-state index < -0.39 is 12.0 Å². The molecule has 1 atom stereocenters. The lowest BCUT2D eigenvalue weighted by Gasteiger charge is -2.24. The molecule has 0 radical (unpaired) electrons. The second-order valence-corrected chi connectivity index (χ2v) is 14.6. The number of quaternary nitrogens is 1. The van der Waals surface area contributed by atoms with Crippen molar-refractivity contribution in [1.82, 2.24) is 5.32 Å². The highest BCUT2D eigenvalue weighted by atomic mass is 16.5. The first-order valence-corrected chi connectivity index (χ1v) is 19.6. The van der Waals surface area contributed by atoms with Crippen LogP contribution in [-0.4, -0.2) is 69.3 Å². The molecule has 1 N–H and O–H groups in total. The first-order valence-electron chi connectivity index (χ1n) is 19.6. The van der Waals surface area contributed by atoms with E-state index in [4.69, 9.17) is 9.47 Å². The number of carbonyl (C=O) groups is 3. The van der Waals surface area contributed by atoms with E-state index in [9.17, 15) is 14.4 Å². The first kappa shape index (κ1) is 44.4. The standard InChI is InChI=1S/C39H76N2O5/c1-6-8-10-12-14-16-18-20-22-24-26-28-33-45-38(43)32-30-31-36(40-37(42)35-41(3,4)5)39(44)46-34-29-27-25-23-21-19-17-15-13-11-9-7-2/h36H,6-35H2,1-5H3/p+1. The minimum Gasteiger partial charge on any atom is -0.466 e. The minimum absolute atomic E-state index is 0.186. The van der Waals surface area contributed by atoms with Crippen molar-refractivity contribution < 1.29 is 28.3 Å². The highest BCUT2D eigenvalue weighted by Crippen LogP contribution is 2.14. The van der Waals surface area contributed by atoms with Crippen molar-refractivity contribution >= 4 is 17.8 Å². The van der Waals surface area contributed by atoms with Crippen molar-refractivity contribution in [3.05, 3.63) is 0 Å². The van der Waals surface area contributed by atoms with Crippen LogP contribution in [0.3, 0.4) is 0 Å². The Bertz CT molecular complexity index is 722. The maximum absolute atomic E-state index is 12.9. The fourth-order valence-corrected chi connectivity index (χ4v) is 5.79. The van der Waals surface area contributed by atoms with E-state index in [0.29, 0.717) is 30.5 Å². The van der Waals surface area contributed by atoms with Gasteiger partial charge in [0.15, 0.2) is 6.54 Å². The van der Waals surface area contributed by atoms with E-state index in [1.165, 1.54) is 128 Å². The third kappa shape index (κ3) is 32.3. The molecule has 1 amide bonds. The zero-order valence-electron chi connectivity index (χ0n) is 31.3. The summed E-state index contributed by atoms with van der Waals surface area (Å²) in [5.74, 6) is -0.818. The molecule has 0 aliphatic heterocycles. The Balaban J connectivity index is 4.12. The van der Waals surface area contributed by atoms with Gasteiger partial charge in [0.1, 0.15) is 6.04 Å². The number of carbonyl (C=O) groups excluding carboxylic acids is 3. The number of unbranched alkanes of at least 4 members (excludes halogenated alkanes) is 22. The molecule has 7 nitrogen and oxygen atoms in total. The van der Waals surface area contributed by atoms with Crippen LogP contribution in [0.15, 0.2) is 0 Å². The highest BCUT2D eigenvalue weighted by molar-refractivity contribution is 5.85. The molecule has 46 heavy (non-hydrogen) atoms. The van der Waals surface area contributed by atoms with E-state index in [0.717, 1.165) is 25.7 Å². The minimum atomic E-state index is -0.736. The summed E-state index contributed by atoms with van der Waals surface area (Å²) in [5.41, 5.74) is 0. The molecule has 0 fully saturated rings. The zero-order chi connectivity index (χ0) is 34.1. The van der Waals surface area contributed by atoms with Crippen molar-refractivity contribution in [2.75, 3.05) is 40.9 Å². The Labute approximate surface area is 285 Å². The molecule has 0 saturated carbocycles. The summed E-state index contributed by atoms with van der Waals surface area (Å²) in [7, 11) is 5.81. The third-order valence-corrected chi connectivity index (χ3v) is 8.61. The van der Waals surface area contributed by atoms with Crippen molar-refractivity contribution in [1.29, 1.82) is 0 Å². The van der Waals surface area contributed by atoms with Crippen molar-refractivity contribution in [3.8, 4) is 0 Å². The van der Waals surface area contributed by atoms with Crippen LogP contribution >= 0.6 is 0 Å². The molecule has 0 heterocycles. The van der Waals surface area contributed by atoms with E-state index in [2.05, 4.69) is 19.2 Å². The first-order chi connectivity index (χ1) is 22.2. The van der Waals surface area contributed by atoms with E-state index in [1.807, 2.05) is 21.1 Å². The van der Waals surface area contributed by atoms with Crippen LogP contribution in [0, 0.1) is 0 Å². The number of hydrogen-bond donors (Lipinski definition) is 1. The number of hydrogen-bond acceptors (Lipinski definition) is 5. The predicted molar refractivity (Wildman–Crippen MR) is 193 cm³/mol. The SMILES string of the molecule is CCCCCCCCCCCCCCOC(=O)CCCC(NC(=O)C[N+](C)(C)C)C(=O)OCCCCCCCCCCCCCC. The van der Waals surface area contributed by atoms with E-state index in [-0.39, 0.29) is 24.8 Å². The Morgan fingerprint density at radius 3 is 1.28 bits per heavy atom. The van der Waals surface area contributed by atoms with Gasteiger partial charge in [0.2, 0.25) is 0 Å². The molecule has 0 spiro atoms. The van der Waals surface area contributed by atoms with Crippen LogP contribution in [-0.2, 0) is 23.9 Å². The highest BCUT2D eigenvalue weighted by Gasteiger charge is 2.25. The second kappa shape index (κ2) is 31.9. The van der Waals surface area contributed by atoms with Crippen molar-refractivity contribution in [2.24, 2.45) is 0 Å². The van der Waals surface area contributed by atoms with Gasteiger partial charge in [-0.1, -0.05) is 155 Å². The fraction of sp³-hybridized carbons (Fsp3) is 0.923. The molecule has 0 aliphatic carbocycles. The van der Waals surface area contributed by atoms with E-state index in [1.54, 1.807) is 0 Å². The van der Waals surface area contributed by atoms with Gasteiger partial charge in [0, 0.05) is 6.42 Å². The summed E-state index contributed by atoms with van der Waals surface area (Å²) in [4.78, 5) is 37.7. The van der Waals surface area contributed by atoms with Gasteiger partial charge in [-0.05, 0) is 25.7 Å². The molecule has 272 valence electrons. The molecular formula is C39H77N2O5+. The van der Waals surface area contributed by atoms with Crippen LogP contribution in [0.25, 0.3) is 0 Å². The molecule has 1 unspecified atom stereocenters. The van der Waals surface area contributed by atoms with Gasteiger partial charge in [-0.15, -0.1) is 0 Å². The maximum atomic E-state index is 12.9. The number of nitrogens with one attached hydrogen (secondary N) is 1. The molecule has 0 rings (SSSR count). The summed E-state index contributed by atoms with van der Waals surface area (Å²) >= 11 is 0. The van der Waals surface area contributed by atoms with Crippen LogP contribution in [0.1, 0.15) is 187 Å². The Kier molecular flexibility index (Phi) is 30.8. The molecule has 0 bridgehead atoms. The second-order valence-electron chi connectivity index (χ2n) is 14.6. The maximum Gasteiger partial charge on any atom is 0.328 e. The molecule has 0 aromatic rings. The largest absolute Gasteiger partial charge is 0.466 e. The van der Waals surface area contributed by atoms with Gasteiger partial charge in [-0.3, -0.25) is 9.59 Å². The van der Waals surface area contributed by atoms with Crippen LogP contribution in [0.4, 0.5) is 0 Å². The van der Waals surface area contributed by atoms with E-state index >= 15 is 0 Å². The van der Waals surface area contributed by atoms with Crippen LogP contribution in [0.5, 0.6) is 0 Å². The lowest BCUT2D eigenvalue weighted by Crippen LogP contribution is -2.49. The number of esters is 2. The summed E-state index contributed by atoms with van der Waals surface area (Å²) in [6, 6.07) is -0.736. The molecule has 0 aliphatic rings. The lowest BCUT2D eigenvalue weighted by atomic mass is 10.1. The van der Waals surface area contributed by atoms with Gasteiger partial charge >= 0.3 is 11.9 Å². The van der Waals surface area contributed by atoms with Crippen LogP contribution < -0.4 is 5.32 Å².